The van der Waals surface area contributed by atoms with Crippen molar-refractivity contribution in [1.29, 1.82) is 0 Å². The molecule has 1 unspecified atom stereocenters. The molecule has 1 aliphatic rings. The van der Waals surface area contributed by atoms with Gasteiger partial charge >= 0.3 is 0 Å². The lowest BCUT2D eigenvalue weighted by Gasteiger charge is -2.23. The summed E-state index contributed by atoms with van der Waals surface area (Å²) in [6.45, 7) is 4.34. The zero-order chi connectivity index (χ0) is 9.42. The Labute approximate surface area is 92.1 Å². The molecule has 1 aromatic rings. The molecule has 0 heterocycles. The predicted octanol–water partition coefficient (Wildman–Crippen LogP) is 3.06. The van der Waals surface area contributed by atoms with E-state index in [1.165, 1.54) is 35.1 Å². The van der Waals surface area contributed by atoms with Crippen molar-refractivity contribution in [2.75, 3.05) is 0 Å². The summed E-state index contributed by atoms with van der Waals surface area (Å²) in [4.78, 5) is 0. The lowest BCUT2D eigenvalue weighted by atomic mass is 9.86. The van der Waals surface area contributed by atoms with Crippen molar-refractivity contribution in [1.82, 2.24) is 0 Å². The van der Waals surface area contributed by atoms with Gasteiger partial charge in [-0.25, -0.2) is 0 Å². The molecule has 0 aliphatic heterocycles. The maximum absolute atomic E-state index is 6.07. The smallest absolute Gasteiger partial charge is 0.0297 e. The number of fused-ring (bicyclic) bond motifs is 1. The SMILES string of the molecule is Cc1cc2c(cc1C)C(N)CCC2.Cl. The van der Waals surface area contributed by atoms with Gasteiger partial charge in [-0.15, -0.1) is 12.4 Å². The number of aryl methyl sites for hydroxylation is 3. The average molecular weight is 212 g/mol. The van der Waals surface area contributed by atoms with Gasteiger partial charge in [-0.05, 0) is 55.4 Å². The first-order valence-corrected chi connectivity index (χ1v) is 5.04. The zero-order valence-corrected chi connectivity index (χ0v) is 9.66. The highest BCUT2D eigenvalue weighted by atomic mass is 35.5. The molecule has 2 N–H and O–H groups in total. The van der Waals surface area contributed by atoms with E-state index in [2.05, 4.69) is 26.0 Å². The van der Waals surface area contributed by atoms with Gasteiger partial charge in [0.05, 0.1) is 0 Å². The van der Waals surface area contributed by atoms with E-state index in [-0.39, 0.29) is 18.4 Å². The summed E-state index contributed by atoms with van der Waals surface area (Å²) in [7, 11) is 0. The van der Waals surface area contributed by atoms with E-state index in [0.29, 0.717) is 0 Å². The van der Waals surface area contributed by atoms with Crippen molar-refractivity contribution in [3.05, 3.63) is 34.4 Å². The Hall–Kier alpha value is -0.530. The van der Waals surface area contributed by atoms with E-state index < -0.39 is 0 Å². The normalized spacial score (nSPS) is 19.8. The number of hydrogen-bond donors (Lipinski definition) is 1. The molecule has 1 atom stereocenters. The molecule has 1 aliphatic carbocycles. The molecule has 0 aromatic heterocycles. The van der Waals surface area contributed by atoms with Crippen LogP contribution in [-0.4, -0.2) is 0 Å². The number of rotatable bonds is 0. The molecule has 1 aromatic carbocycles. The molecule has 2 rings (SSSR count). The number of benzene rings is 1. The first kappa shape index (κ1) is 11.5. The van der Waals surface area contributed by atoms with Gasteiger partial charge in [-0.1, -0.05) is 12.1 Å². The zero-order valence-electron chi connectivity index (χ0n) is 8.84. The molecule has 0 fully saturated rings. The fraction of sp³-hybridized carbons (Fsp3) is 0.500. The van der Waals surface area contributed by atoms with Gasteiger partial charge in [-0.2, -0.15) is 0 Å². The van der Waals surface area contributed by atoms with Gasteiger partial charge < -0.3 is 5.73 Å². The summed E-state index contributed by atoms with van der Waals surface area (Å²) >= 11 is 0. The predicted molar refractivity (Wildman–Crippen MR) is 63.0 cm³/mol. The molecule has 78 valence electrons. The summed E-state index contributed by atoms with van der Waals surface area (Å²) in [5.74, 6) is 0. The van der Waals surface area contributed by atoms with E-state index >= 15 is 0 Å². The van der Waals surface area contributed by atoms with E-state index in [0.717, 1.165) is 6.42 Å². The van der Waals surface area contributed by atoms with Gasteiger partial charge in [0.25, 0.3) is 0 Å². The topological polar surface area (TPSA) is 26.0 Å². The van der Waals surface area contributed by atoms with Crippen molar-refractivity contribution in [3.8, 4) is 0 Å². The summed E-state index contributed by atoms with van der Waals surface area (Å²) < 4.78 is 0. The Morgan fingerprint density at radius 3 is 2.57 bits per heavy atom. The van der Waals surface area contributed by atoms with Crippen molar-refractivity contribution in [2.45, 2.75) is 39.2 Å². The van der Waals surface area contributed by atoms with Crippen LogP contribution >= 0.6 is 12.4 Å². The van der Waals surface area contributed by atoms with Crippen LogP contribution in [0, 0.1) is 13.8 Å². The van der Waals surface area contributed by atoms with Gasteiger partial charge in [0.1, 0.15) is 0 Å². The van der Waals surface area contributed by atoms with Crippen LogP contribution in [0.1, 0.15) is 41.1 Å². The maximum atomic E-state index is 6.07. The molecular formula is C12H18ClN. The minimum atomic E-state index is 0. The van der Waals surface area contributed by atoms with Crippen LogP contribution in [0.5, 0.6) is 0 Å². The molecule has 14 heavy (non-hydrogen) atoms. The van der Waals surface area contributed by atoms with Crippen molar-refractivity contribution in [2.24, 2.45) is 5.73 Å². The molecule has 0 radical (unpaired) electrons. The molecule has 0 saturated heterocycles. The Morgan fingerprint density at radius 1 is 1.21 bits per heavy atom. The first-order chi connectivity index (χ1) is 6.18. The van der Waals surface area contributed by atoms with Crippen molar-refractivity contribution < 1.29 is 0 Å². The molecule has 0 bridgehead atoms. The summed E-state index contributed by atoms with van der Waals surface area (Å²) in [6.07, 6.45) is 3.61. The monoisotopic (exact) mass is 211 g/mol. The van der Waals surface area contributed by atoms with Crippen LogP contribution in [0.2, 0.25) is 0 Å². The summed E-state index contributed by atoms with van der Waals surface area (Å²) in [5, 5.41) is 0. The minimum Gasteiger partial charge on any atom is -0.324 e. The van der Waals surface area contributed by atoms with Crippen LogP contribution in [0.25, 0.3) is 0 Å². The third-order valence-corrected chi connectivity index (χ3v) is 3.12. The van der Waals surface area contributed by atoms with Gasteiger partial charge in [0.2, 0.25) is 0 Å². The minimum absolute atomic E-state index is 0. The van der Waals surface area contributed by atoms with E-state index in [1.807, 2.05) is 0 Å². The van der Waals surface area contributed by atoms with Crippen LogP contribution < -0.4 is 5.73 Å². The highest BCUT2D eigenvalue weighted by Crippen LogP contribution is 2.29. The second-order valence-electron chi connectivity index (χ2n) is 4.13. The number of nitrogens with two attached hydrogens (primary N) is 1. The van der Waals surface area contributed by atoms with Crippen LogP contribution in [0.15, 0.2) is 12.1 Å². The quantitative estimate of drug-likeness (QED) is 0.702. The number of hydrogen-bond acceptors (Lipinski definition) is 1. The van der Waals surface area contributed by atoms with Crippen LogP contribution in [-0.2, 0) is 6.42 Å². The summed E-state index contributed by atoms with van der Waals surface area (Å²) in [5.41, 5.74) is 11.7. The van der Waals surface area contributed by atoms with Gasteiger partial charge in [0, 0.05) is 6.04 Å². The van der Waals surface area contributed by atoms with E-state index in [4.69, 9.17) is 5.73 Å². The fourth-order valence-corrected chi connectivity index (χ4v) is 2.13. The van der Waals surface area contributed by atoms with Gasteiger partial charge in [0.15, 0.2) is 0 Å². The lowest BCUT2D eigenvalue weighted by molar-refractivity contribution is 0.569. The molecular weight excluding hydrogens is 194 g/mol. The van der Waals surface area contributed by atoms with E-state index in [9.17, 15) is 0 Å². The highest BCUT2D eigenvalue weighted by Gasteiger charge is 2.16. The molecule has 1 nitrogen and oxygen atoms in total. The molecule has 0 saturated carbocycles. The van der Waals surface area contributed by atoms with Crippen molar-refractivity contribution in [3.63, 3.8) is 0 Å². The van der Waals surface area contributed by atoms with Gasteiger partial charge in [-0.3, -0.25) is 0 Å². The Morgan fingerprint density at radius 2 is 1.86 bits per heavy atom. The van der Waals surface area contributed by atoms with Crippen LogP contribution in [0.3, 0.4) is 0 Å². The third-order valence-electron chi connectivity index (χ3n) is 3.12. The first-order valence-electron chi connectivity index (χ1n) is 5.04. The standard InChI is InChI=1S/C12H17N.ClH/c1-8-6-10-4-3-5-12(13)11(10)7-9(8)2;/h6-7,12H,3-5,13H2,1-2H3;1H. The Kier molecular flexibility index (Phi) is 3.57. The Bertz CT molecular complexity index is 333. The maximum Gasteiger partial charge on any atom is 0.0297 e. The third kappa shape index (κ3) is 1.94. The second kappa shape index (κ2) is 4.33. The largest absolute Gasteiger partial charge is 0.324 e. The van der Waals surface area contributed by atoms with Crippen LogP contribution in [0.4, 0.5) is 0 Å². The molecule has 0 spiro atoms. The lowest BCUT2D eigenvalue weighted by Crippen LogP contribution is -2.17. The summed E-state index contributed by atoms with van der Waals surface area (Å²) in [6, 6.07) is 4.86. The Balaban J connectivity index is 0.000000980. The van der Waals surface area contributed by atoms with Crippen molar-refractivity contribution >= 4 is 12.4 Å². The average Bonchev–Trinajstić information content (AvgIpc) is 2.09. The fourth-order valence-electron chi connectivity index (χ4n) is 2.13. The highest BCUT2D eigenvalue weighted by molar-refractivity contribution is 5.85. The number of halogens is 1. The molecule has 2 heteroatoms. The second-order valence-corrected chi connectivity index (χ2v) is 4.13. The van der Waals surface area contributed by atoms with E-state index in [1.54, 1.807) is 0 Å². The molecule has 0 amide bonds.